The maximum absolute atomic E-state index is 5.70. The molecule has 19 heavy (non-hydrogen) atoms. The van der Waals surface area contributed by atoms with E-state index in [2.05, 4.69) is 58.4 Å². The number of benzene rings is 1. The summed E-state index contributed by atoms with van der Waals surface area (Å²) < 4.78 is 0.975. The Labute approximate surface area is 122 Å². The van der Waals surface area contributed by atoms with Crippen molar-refractivity contribution < 1.29 is 0 Å². The molecule has 0 amide bonds. The monoisotopic (exact) mass is 319 g/mol. The topological polar surface area (TPSA) is 50.9 Å². The second kappa shape index (κ2) is 6.28. The Balaban J connectivity index is 2.29. The minimum atomic E-state index is -0.00363. The number of nitrogens with two attached hydrogens (primary N) is 1. The highest BCUT2D eigenvalue weighted by Crippen LogP contribution is 2.24. The molecule has 0 saturated heterocycles. The van der Waals surface area contributed by atoms with Gasteiger partial charge in [0, 0.05) is 10.7 Å². The van der Waals surface area contributed by atoms with Crippen molar-refractivity contribution in [1.29, 1.82) is 0 Å². The van der Waals surface area contributed by atoms with Crippen LogP contribution in [-0.2, 0) is 6.42 Å². The van der Waals surface area contributed by atoms with Crippen LogP contribution in [0.5, 0.6) is 0 Å². The molecule has 1 aromatic carbocycles. The Kier molecular flexibility index (Phi) is 4.69. The Morgan fingerprint density at radius 1 is 1.32 bits per heavy atom. The van der Waals surface area contributed by atoms with Crippen LogP contribution in [0.25, 0.3) is 0 Å². The van der Waals surface area contributed by atoms with Gasteiger partial charge in [0.1, 0.15) is 0 Å². The first-order valence-electron chi connectivity index (χ1n) is 6.24. The first kappa shape index (κ1) is 14.2. The van der Waals surface area contributed by atoms with Gasteiger partial charge >= 0.3 is 0 Å². The average molecular weight is 320 g/mol. The standard InChI is InChI=1S/C15H18BrN3/c1-10-5-6-11(2)12(8-10)9-14(19-17)15-13(16)4-3-7-18-15/h3-8,14,19H,9,17H2,1-2H3. The summed E-state index contributed by atoms with van der Waals surface area (Å²) in [5, 5.41) is 0. The highest BCUT2D eigenvalue weighted by atomic mass is 79.9. The van der Waals surface area contributed by atoms with Crippen molar-refractivity contribution in [3.8, 4) is 0 Å². The molecule has 1 heterocycles. The van der Waals surface area contributed by atoms with E-state index in [0.29, 0.717) is 0 Å². The Morgan fingerprint density at radius 3 is 2.79 bits per heavy atom. The molecule has 1 atom stereocenters. The van der Waals surface area contributed by atoms with E-state index in [0.717, 1.165) is 16.6 Å². The van der Waals surface area contributed by atoms with Gasteiger partial charge in [-0.05, 0) is 59.5 Å². The molecular weight excluding hydrogens is 302 g/mol. The van der Waals surface area contributed by atoms with Crippen LogP contribution < -0.4 is 11.3 Å². The molecule has 4 heteroatoms. The van der Waals surface area contributed by atoms with Crippen LogP contribution in [0.2, 0.25) is 0 Å². The van der Waals surface area contributed by atoms with Gasteiger partial charge in [-0.2, -0.15) is 0 Å². The summed E-state index contributed by atoms with van der Waals surface area (Å²) in [5.41, 5.74) is 7.63. The van der Waals surface area contributed by atoms with Crippen molar-refractivity contribution in [2.45, 2.75) is 26.3 Å². The predicted molar refractivity (Wildman–Crippen MR) is 81.6 cm³/mol. The highest BCUT2D eigenvalue weighted by molar-refractivity contribution is 9.10. The lowest BCUT2D eigenvalue weighted by atomic mass is 9.97. The van der Waals surface area contributed by atoms with Crippen LogP contribution in [0.3, 0.4) is 0 Å². The van der Waals surface area contributed by atoms with E-state index in [1.54, 1.807) is 6.20 Å². The van der Waals surface area contributed by atoms with Crippen molar-refractivity contribution >= 4 is 15.9 Å². The summed E-state index contributed by atoms with van der Waals surface area (Å²) in [6.07, 6.45) is 2.60. The largest absolute Gasteiger partial charge is 0.271 e. The molecule has 2 aromatic rings. The minimum Gasteiger partial charge on any atom is -0.271 e. The van der Waals surface area contributed by atoms with Gasteiger partial charge in [-0.1, -0.05) is 23.8 Å². The molecule has 2 rings (SSSR count). The van der Waals surface area contributed by atoms with Crippen LogP contribution in [-0.4, -0.2) is 4.98 Å². The van der Waals surface area contributed by atoms with Gasteiger partial charge < -0.3 is 0 Å². The van der Waals surface area contributed by atoms with Crippen LogP contribution in [0.15, 0.2) is 41.0 Å². The van der Waals surface area contributed by atoms with Gasteiger partial charge in [0.15, 0.2) is 0 Å². The molecule has 3 nitrogen and oxygen atoms in total. The smallest absolute Gasteiger partial charge is 0.0731 e. The molecule has 3 N–H and O–H groups in total. The summed E-state index contributed by atoms with van der Waals surface area (Å²) in [7, 11) is 0. The second-order valence-electron chi connectivity index (χ2n) is 4.72. The molecular formula is C15H18BrN3. The number of hydrogen-bond acceptors (Lipinski definition) is 3. The van der Waals surface area contributed by atoms with Gasteiger partial charge in [0.2, 0.25) is 0 Å². The number of nitrogens with zero attached hydrogens (tertiary/aromatic N) is 1. The van der Waals surface area contributed by atoms with E-state index in [9.17, 15) is 0 Å². The quantitative estimate of drug-likeness (QED) is 0.672. The number of hydrogen-bond donors (Lipinski definition) is 2. The van der Waals surface area contributed by atoms with Crippen LogP contribution in [0, 0.1) is 13.8 Å². The number of nitrogens with one attached hydrogen (secondary N) is 1. The fourth-order valence-corrected chi connectivity index (χ4v) is 2.66. The van der Waals surface area contributed by atoms with E-state index in [-0.39, 0.29) is 6.04 Å². The number of aromatic nitrogens is 1. The zero-order valence-electron chi connectivity index (χ0n) is 11.2. The molecule has 100 valence electrons. The van der Waals surface area contributed by atoms with E-state index in [1.807, 2.05) is 12.1 Å². The summed E-state index contributed by atoms with van der Waals surface area (Å²) in [5.74, 6) is 5.70. The molecule has 0 radical (unpaired) electrons. The number of halogens is 1. The van der Waals surface area contributed by atoms with Gasteiger partial charge in [-0.25, -0.2) is 0 Å². The molecule has 0 aliphatic rings. The van der Waals surface area contributed by atoms with Crippen molar-refractivity contribution in [3.05, 3.63) is 63.4 Å². The lowest BCUT2D eigenvalue weighted by Gasteiger charge is -2.18. The third-order valence-corrected chi connectivity index (χ3v) is 3.92. The normalized spacial score (nSPS) is 12.4. The fourth-order valence-electron chi connectivity index (χ4n) is 2.13. The van der Waals surface area contributed by atoms with Gasteiger partial charge in [-0.3, -0.25) is 16.3 Å². The molecule has 1 aromatic heterocycles. The number of rotatable bonds is 4. The van der Waals surface area contributed by atoms with E-state index in [4.69, 9.17) is 5.84 Å². The van der Waals surface area contributed by atoms with Gasteiger partial charge in [-0.15, -0.1) is 0 Å². The maximum atomic E-state index is 5.70. The van der Waals surface area contributed by atoms with Gasteiger partial charge in [0.05, 0.1) is 11.7 Å². The summed E-state index contributed by atoms with van der Waals surface area (Å²) in [6, 6.07) is 10.4. The number of pyridine rings is 1. The average Bonchev–Trinajstić information content (AvgIpc) is 2.41. The van der Waals surface area contributed by atoms with Crippen LogP contribution >= 0.6 is 15.9 Å². The lowest BCUT2D eigenvalue weighted by molar-refractivity contribution is 0.535. The second-order valence-corrected chi connectivity index (χ2v) is 5.58. The first-order valence-corrected chi connectivity index (χ1v) is 7.03. The predicted octanol–water partition coefficient (Wildman–Crippen LogP) is 3.21. The Hall–Kier alpha value is -1.23. The zero-order valence-corrected chi connectivity index (χ0v) is 12.7. The van der Waals surface area contributed by atoms with E-state index < -0.39 is 0 Å². The van der Waals surface area contributed by atoms with Crippen molar-refractivity contribution in [1.82, 2.24) is 10.4 Å². The zero-order chi connectivity index (χ0) is 13.8. The minimum absolute atomic E-state index is 0.00363. The molecule has 0 aliphatic carbocycles. The molecule has 0 fully saturated rings. The number of aryl methyl sites for hydroxylation is 2. The summed E-state index contributed by atoms with van der Waals surface area (Å²) in [4.78, 5) is 4.41. The van der Waals surface area contributed by atoms with E-state index in [1.165, 1.54) is 16.7 Å². The molecule has 0 bridgehead atoms. The first-order chi connectivity index (χ1) is 9.11. The summed E-state index contributed by atoms with van der Waals surface area (Å²) in [6.45, 7) is 4.22. The van der Waals surface area contributed by atoms with Crippen LogP contribution in [0.1, 0.15) is 28.4 Å². The van der Waals surface area contributed by atoms with Crippen molar-refractivity contribution in [3.63, 3.8) is 0 Å². The SMILES string of the molecule is Cc1ccc(C)c(CC(NN)c2ncccc2Br)c1. The molecule has 1 unspecified atom stereocenters. The molecule has 0 spiro atoms. The molecule has 0 aliphatic heterocycles. The third kappa shape index (κ3) is 3.41. The molecule has 0 saturated carbocycles. The lowest BCUT2D eigenvalue weighted by Crippen LogP contribution is -2.30. The Bertz CT molecular complexity index is 569. The van der Waals surface area contributed by atoms with Gasteiger partial charge in [0.25, 0.3) is 0 Å². The fraction of sp³-hybridized carbons (Fsp3) is 0.267. The number of hydrazine groups is 1. The van der Waals surface area contributed by atoms with Crippen molar-refractivity contribution in [2.75, 3.05) is 0 Å². The maximum Gasteiger partial charge on any atom is 0.0731 e. The Morgan fingerprint density at radius 2 is 2.11 bits per heavy atom. The summed E-state index contributed by atoms with van der Waals surface area (Å²) >= 11 is 3.53. The van der Waals surface area contributed by atoms with Crippen LogP contribution in [0.4, 0.5) is 0 Å². The van der Waals surface area contributed by atoms with Crippen molar-refractivity contribution in [2.24, 2.45) is 5.84 Å². The highest BCUT2D eigenvalue weighted by Gasteiger charge is 2.16. The third-order valence-electron chi connectivity index (χ3n) is 3.25. The van der Waals surface area contributed by atoms with E-state index >= 15 is 0 Å².